The zero-order chi connectivity index (χ0) is 11.0. The molecule has 2 aromatic rings. The first-order valence-corrected chi connectivity index (χ1v) is 4.72. The molecule has 0 atom stereocenters. The van der Waals surface area contributed by atoms with Crippen LogP contribution in [-0.2, 0) is 0 Å². The number of pyridine rings is 1. The molecule has 1 aromatic heterocycles. The molecule has 76 valence electrons. The van der Waals surface area contributed by atoms with E-state index in [0.717, 1.165) is 22.0 Å². The summed E-state index contributed by atoms with van der Waals surface area (Å²) in [5.74, 6) is 0. The first-order valence-electron chi connectivity index (χ1n) is 4.72. The van der Waals surface area contributed by atoms with Gasteiger partial charge in [-0.3, -0.25) is 9.59 Å². The fourth-order valence-electron chi connectivity index (χ4n) is 1.91. The van der Waals surface area contributed by atoms with Gasteiger partial charge in [0, 0.05) is 10.9 Å². The Morgan fingerprint density at radius 1 is 1.27 bits per heavy atom. The normalized spacial score (nSPS) is 10.5. The molecule has 3 heteroatoms. The van der Waals surface area contributed by atoms with Crippen LogP contribution in [0.15, 0.2) is 23.0 Å². The molecule has 0 bridgehead atoms. The van der Waals surface area contributed by atoms with Crippen molar-refractivity contribution in [2.75, 3.05) is 0 Å². The minimum Gasteiger partial charge on any atom is -0.321 e. The standard InChI is InChI=1S/C12H11NO2/c1-7-4-3-5-10-11(7)8(2)9(6-14)12(15)13-10/h3-6H,1-2H3,(H,13,15). The van der Waals surface area contributed by atoms with E-state index in [1.807, 2.05) is 25.1 Å². The molecule has 3 nitrogen and oxygen atoms in total. The SMILES string of the molecule is Cc1cccc2[nH]c(=O)c(C=O)c(C)c12. The Kier molecular flexibility index (Phi) is 2.15. The third kappa shape index (κ3) is 1.36. The van der Waals surface area contributed by atoms with Gasteiger partial charge in [0.25, 0.3) is 5.56 Å². The van der Waals surface area contributed by atoms with E-state index in [2.05, 4.69) is 4.98 Å². The van der Waals surface area contributed by atoms with E-state index in [4.69, 9.17) is 0 Å². The van der Waals surface area contributed by atoms with Gasteiger partial charge in [0.15, 0.2) is 6.29 Å². The lowest BCUT2D eigenvalue weighted by molar-refractivity contribution is 0.112. The zero-order valence-corrected chi connectivity index (χ0v) is 8.63. The molecular weight excluding hydrogens is 190 g/mol. The minimum absolute atomic E-state index is 0.219. The number of hydrogen-bond donors (Lipinski definition) is 1. The van der Waals surface area contributed by atoms with Gasteiger partial charge in [0.05, 0.1) is 5.56 Å². The van der Waals surface area contributed by atoms with Crippen molar-refractivity contribution in [2.24, 2.45) is 0 Å². The van der Waals surface area contributed by atoms with Gasteiger partial charge in [0.1, 0.15) is 0 Å². The van der Waals surface area contributed by atoms with Crippen molar-refractivity contribution in [1.82, 2.24) is 4.98 Å². The Morgan fingerprint density at radius 3 is 2.67 bits per heavy atom. The van der Waals surface area contributed by atoms with E-state index in [9.17, 15) is 9.59 Å². The Hall–Kier alpha value is -1.90. The molecule has 15 heavy (non-hydrogen) atoms. The van der Waals surface area contributed by atoms with Crippen LogP contribution in [0.5, 0.6) is 0 Å². The zero-order valence-electron chi connectivity index (χ0n) is 8.63. The van der Waals surface area contributed by atoms with Gasteiger partial charge in [-0.05, 0) is 31.0 Å². The number of aldehydes is 1. The van der Waals surface area contributed by atoms with Crippen LogP contribution in [-0.4, -0.2) is 11.3 Å². The summed E-state index contributed by atoms with van der Waals surface area (Å²) >= 11 is 0. The molecule has 0 aliphatic heterocycles. The fraction of sp³-hybridized carbons (Fsp3) is 0.167. The van der Waals surface area contributed by atoms with Gasteiger partial charge in [-0.25, -0.2) is 0 Å². The lowest BCUT2D eigenvalue weighted by Crippen LogP contribution is -2.14. The first-order chi connectivity index (χ1) is 7.15. The maximum absolute atomic E-state index is 11.5. The van der Waals surface area contributed by atoms with Crippen molar-refractivity contribution >= 4 is 17.2 Å². The summed E-state index contributed by atoms with van der Waals surface area (Å²) in [6.45, 7) is 3.76. The summed E-state index contributed by atoms with van der Waals surface area (Å²) in [4.78, 5) is 25.0. The fourth-order valence-corrected chi connectivity index (χ4v) is 1.91. The number of fused-ring (bicyclic) bond motifs is 1. The Labute approximate surface area is 86.8 Å². The second-order valence-corrected chi connectivity index (χ2v) is 3.61. The van der Waals surface area contributed by atoms with E-state index in [-0.39, 0.29) is 11.1 Å². The molecule has 0 aliphatic rings. The second kappa shape index (κ2) is 3.35. The lowest BCUT2D eigenvalue weighted by atomic mass is 10.0. The molecule has 0 radical (unpaired) electrons. The first kappa shape index (κ1) is 9.65. The quantitative estimate of drug-likeness (QED) is 0.717. The van der Waals surface area contributed by atoms with Gasteiger partial charge in [-0.2, -0.15) is 0 Å². The minimum atomic E-state index is -0.319. The van der Waals surface area contributed by atoms with Crippen LogP contribution in [0.3, 0.4) is 0 Å². The Bertz CT molecular complexity index is 596. The predicted molar refractivity (Wildman–Crippen MR) is 59.4 cm³/mol. The number of aromatic nitrogens is 1. The van der Waals surface area contributed by atoms with Crippen molar-refractivity contribution in [3.05, 3.63) is 45.2 Å². The van der Waals surface area contributed by atoms with Gasteiger partial charge in [-0.1, -0.05) is 12.1 Å². The molecule has 0 unspecified atom stereocenters. The number of carbonyl (C=O) groups is 1. The molecule has 1 heterocycles. The molecule has 1 aromatic carbocycles. The largest absolute Gasteiger partial charge is 0.321 e. The van der Waals surface area contributed by atoms with Crippen LogP contribution in [0.4, 0.5) is 0 Å². The van der Waals surface area contributed by atoms with E-state index >= 15 is 0 Å². The molecule has 0 amide bonds. The predicted octanol–water partition coefficient (Wildman–Crippen LogP) is 1.96. The highest BCUT2D eigenvalue weighted by atomic mass is 16.1. The number of rotatable bonds is 1. The third-order valence-electron chi connectivity index (χ3n) is 2.66. The smallest absolute Gasteiger partial charge is 0.259 e. The number of H-pyrrole nitrogens is 1. The summed E-state index contributed by atoms with van der Waals surface area (Å²) in [5, 5.41) is 0.958. The lowest BCUT2D eigenvalue weighted by Gasteiger charge is -2.06. The van der Waals surface area contributed by atoms with Crippen molar-refractivity contribution in [1.29, 1.82) is 0 Å². The highest BCUT2D eigenvalue weighted by Crippen LogP contribution is 2.20. The number of hydrogen-bond acceptors (Lipinski definition) is 2. The Morgan fingerprint density at radius 2 is 2.00 bits per heavy atom. The molecule has 0 spiro atoms. The summed E-state index contributed by atoms with van der Waals surface area (Å²) in [5.41, 5.74) is 2.49. The number of aromatic amines is 1. The van der Waals surface area contributed by atoms with Crippen LogP contribution in [0.2, 0.25) is 0 Å². The molecular formula is C12H11NO2. The van der Waals surface area contributed by atoms with Crippen LogP contribution in [0.1, 0.15) is 21.5 Å². The van der Waals surface area contributed by atoms with Crippen molar-refractivity contribution in [3.8, 4) is 0 Å². The van der Waals surface area contributed by atoms with Crippen molar-refractivity contribution in [2.45, 2.75) is 13.8 Å². The maximum atomic E-state index is 11.5. The molecule has 0 aliphatic carbocycles. The molecule has 2 rings (SSSR count). The van der Waals surface area contributed by atoms with E-state index in [1.54, 1.807) is 6.92 Å². The molecule has 0 saturated carbocycles. The summed E-state index contributed by atoms with van der Waals surface area (Å²) < 4.78 is 0. The average molecular weight is 201 g/mol. The van der Waals surface area contributed by atoms with Gasteiger partial charge >= 0.3 is 0 Å². The highest BCUT2D eigenvalue weighted by Gasteiger charge is 2.09. The van der Waals surface area contributed by atoms with E-state index in [1.165, 1.54) is 0 Å². The van der Waals surface area contributed by atoms with Gasteiger partial charge in [-0.15, -0.1) is 0 Å². The van der Waals surface area contributed by atoms with Crippen LogP contribution < -0.4 is 5.56 Å². The summed E-state index contributed by atoms with van der Waals surface area (Å²) in [7, 11) is 0. The number of aryl methyl sites for hydroxylation is 2. The van der Waals surface area contributed by atoms with E-state index < -0.39 is 0 Å². The van der Waals surface area contributed by atoms with Gasteiger partial charge in [0.2, 0.25) is 0 Å². The summed E-state index contributed by atoms with van der Waals surface area (Å²) in [6, 6.07) is 5.68. The van der Waals surface area contributed by atoms with E-state index in [0.29, 0.717) is 6.29 Å². The topological polar surface area (TPSA) is 49.9 Å². The molecule has 0 fully saturated rings. The average Bonchev–Trinajstić information content (AvgIpc) is 2.17. The van der Waals surface area contributed by atoms with Crippen LogP contribution in [0, 0.1) is 13.8 Å². The number of carbonyl (C=O) groups excluding carboxylic acids is 1. The van der Waals surface area contributed by atoms with Crippen molar-refractivity contribution in [3.63, 3.8) is 0 Å². The molecule has 0 saturated heterocycles. The summed E-state index contributed by atoms with van der Waals surface area (Å²) in [6.07, 6.45) is 0.611. The third-order valence-corrected chi connectivity index (χ3v) is 2.66. The van der Waals surface area contributed by atoms with Crippen LogP contribution in [0.25, 0.3) is 10.9 Å². The number of benzene rings is 1. The Balaban J connectivity index is 3.05. The second-order valence-electron chi connectivity index (χ2n) is 3.61. The van der Waals surface area contributed by atoms with Crippen LogP contribution >= 0.6 is 0 Å². The number of nitrogens with one attached hydrogen (secondary N) is 1. The maximum Gasteiger partial charge on any atom is 0.259 e. The highest BCUT2D eigenvalue weighted by molar-refractivity contribution is 5.91. The van der Waals surface area contributed by atoms with Crippen molar-refractivity contribution < 1.29 is 4.79 Å². The van der Waals surface area contributed by atoms with Gasteiger partial charge < -0.3 is 4.98 Å². The molecule has 1 N–H and O–H groups in total. The monoisotopic (exact) mass is 201 g/mol.